The van der Waals surface area contributed by atoms with Crippen LogP contribution in [-0.4, -0.2) is 51.0 Å². The van der Waals surface area contributed by atoms with E-state index in [2.05, 4.69) is 38.2 Å². The molecular weight excluding hydrogens is 689 g/mol. The SMILES string of the molecule is CCCCCCCC/C=C\CCCCCCCC(=O)OC[C@@H](COP(=O)(OCC)OCCN)OC(=O)CCCCCCC/C=C\CCCCCCCC. The average Bonchev–Trinajstić information content (AvgIpc) is 3.15. The summed E-state index contributed by atoms with van der Waals surface area (Å²) in [5.41, 5.74) is 5.49. The van der Waals surface area contributed by atoms with E-state index in [4.69, 9.17) is 28.8 Å². The van der Waals surface area contributed by atoms with E-state index in [1.807, 2.05) is 0 Å². The first-order valence-corrected chi connectivity index (χ1v) is 23.3. The maximum atomic E-state index is 12.9. The van der Waals surface area contributed by atoms with Crippen molar-refractivity contribution in [2.75, 3.05) is 33.0 Å². The van der Waals surface area contributed by atoms with E-state index in [1.54, 1.807) is 6.92 Å². The number of phosphoric acid groups is 1. The Labute approximate surface area is 325 Å². The highest BCUT2D eigenvalue weighted by Gasteiger charge is 2.29. The van der Waals surface area contributed by atoms with E-state index < -0.39 is 19.9 Å². The van der Waals surface area contributed by atoms with Gasteiger partial charge < -0.3 is 15.2 Å². The Hall–Kier alpha value is -1.51. The van der Waals surface area contributed by atoms with Crippen molar-refractivity contribution in [2.24, 2.45) is 5.73 Å². The molecule has 10 heteroatoms. The zero-order valence-electron chi connectivity index (χ0n) is 34.5. The summed E-state index contributed by atoms with van der Waals surface area (Å²) < 4.78 is 39.9. The fourth-order valence-corrected chi connectivity index (χ4v) is 7.13. The van der Waals surface area contributed by atoms with Gasteiger partial charge in [0.15, 0.2) is 6.10 Å². The number of phosphoric ester groups is 1. The highest BCUT2D eigenvalue weighted by molar-refractivity contribution is 7.48. The Morgan fingerprint density at radius 3 is 1.38 bits per heavy atom. The van der Waals surface area contributed by atoms with Crippen LogP contribution >= 0.6 is 7.82 Å². The summed E-state index contributed by atoms with van der Waals surface area (Å²) in [5.74, 6) is -0.757. The van der Waals surface area contributed by atoms with Gasteiger partial charge in [-0.1, -0.05) is 141 Å². The van der Waals surface area contributed by atoms with Crippen LogP contribution in [0.3, 0.4) is 0 Å². The lowest BCUT2D eigenvalue weighted by molar-refractivity contribution is -0.161. The van der Waals surface area contributed by atoms with Gasteiger partial charge in [0.25, 0.3) is 0 Å². The van der Waals surface area contributed by atoms with Crippen molar-refractivity contribution >= 4 is 19.8 Å². The highest BCUT2D eigenvalue weighted by atomic mass is 31.2. The van der Waals surface area contributed by atoms with Crippen molar-refractivity contribution in [1.29, 1.82) is 0 Å². The Morgan fingerprint density at radius 1 is 0.528 bits per heavy atom. The largest absolute Gasteiger partial charge is 0.474 e. The normalized spacial score (nSPS) is 13.5. The molecule has 0 aliphatic heterocycles. The Kier molecular flexibility index (Phi) is 39.0. The second-order valence-electron chi connectivity index (χ2n) is 14.2. The third kappa shape index (κ3) is 37.2. The molecule has 312 valence electrons. The number of carbonyl (C=O) groups is 2. The van der Waals surface area contributed by atoms with E-state index in [-0.39, 0.29) is 45.4 Å². The summed E-state index contributed by atoms with van der Waals surface area (Å²) in [7, 11) is -3.90. The van der Waals surface area contributed by atoms with E-state index >= 15 is 0 Å². The summed E-state index contributed by atoms with van der Waals surface area (Å²) in [4.78, 5) is 25.2. The van der Waals surface area contributed by atoms with Crippen LogP contribution < -0.4 is 5.73 Å². The Morgan fingerprint density at radius 2 is 0.943 bits per heavy atom. The van der Waals surface area contributed by atoms with Crippen molar-refractivity contribution < 1.29 is 37.2 Å². The molecule has 0 saturated heterocycles. The van der Waals surface area contributed by atoms with Crippen LogP contribution in [-0.2, 0) is 37.2 Å². The average molecular weight is 772 g/mol. The first-order valence-electron chi connectivity index (χ1n) is 21.8. The summed E-state index contributed by atoms with van der Waals surface area (Å²) in [5, 5.41) is 0. The molecule has 0 aromatic carbocycles. The van der Waals surface area contributed by atoms with Crippen molar-refractivity contribution in [3.63, 3.8) is 0 Å². The van der Waals surface area contributed by atoms with Crippen LogP contribution in [0.15, 0.2) is 24.3 Å². The zero-order valence-corrected chi connectivity index (χ0v) is 35.4. The van der Waals surface area contributed by atoms with Gasteiger partial charge in [0.05, 0.1) is 19.8 Å². The minimum absolute atomic E-state index is 0.0118. The lowest BCUT2D eigenvalue weighted by Gasteiger charge is -2.22. The molecule has 0 aromatic rings. The van der Waals surface area contributed by atoms with Crippen molar-refractivity contribution in [2.45, 2.75) is 207 Å². The summed E-state index contributed by atoms with van der Waals surface area (Å²) in [6.07, 6.45) is 39.6. The monoisotopic (exact) mass is 772 g/mol. The first kappa shape index (κ1) is 51.5. The standard InChI is InChI=1S/C43H82NO8P/c1-4-7-9-11-13-15-17-19-21-23-25-27-29-31-33-35-42(45)48-39-41(40-51-53(47,49-6-3)50-38-37-44)52-43(46)36-34-32-30-28-26-24-22-20-18-16-14-12-10-8-5-2/h19-22,41H,4-18,23-40,44H2,1-3H3/b21-19-,22-20-/t41-,53?/m0/s1. The number of hydrogen-bond acceptors (Lipinski definition) is 9. The van der Waals surface area contributed by atoms with Gasteiger partial charge in [-0.2, -0.15) is 0 Å². The van der Waals surface area contributed by atoms with E-state index in [0.717, 1.165) is 64.2 Å². The van der Waals surface area contributed by atoms with Crippen LogP contribution in [0.5, 0.6) is 0 Å². The molecule has 0 radical (unpaired) electrons. The van der Waals surface area contributed by atoms with Gasteiger partial charge in [-0.05, 0) is 71.1 Å². The molecule has 0 amide bonds. The second-order valence-corrected chi connectivity index (χ2v) is 15.9. The number of ether oxygens (including phenoxy) is 2. The van der Waals surface area contributed by atoms with Gasteiger partial charge >= 0.3 is 19.8 Å². The molecule has 2 N–H and O–H groups in total. The summed E-state index contributed by atoms with van der Waals surface area (Å²) in [6, 6.07) is 0. The van der Waals surface area contributed by atoms with E-state index in [0.29, 0.717) is 12.8 Å². The molecule has 1 unspecified atom stereocenters. The minimum atomic E-state index is -3.90. The van der Waals surface area contributed by atoms with Gasteiger partial charge in [0.2, 0.25) is 0 Å². The van der Waals surface area contributed by atoms with Crippen LogP contribution in [0.25, 0.3) is 0 Å². The van der Waals surface area contributed by atoms with Gasteiger partial charge in [-0.15, -0.1) is 0 Å². The number of unbranched alkanes of at least 4 members (excludes halogenated alkanes) is 22. The first-order chi connectivity index (χ1) is 25.9. The third-order valence-corrected chi connectivity index (χ3v) is 10.6. The molecule has 0 saturated carbocycles. The lowest BCUT2D eigenvalue weighted by atomic mass is 10.1. The number of esters is 2. The summed E-state index contributed by atoms with van der Waals surface area (Å²) >= 11 is 0. The number of rotatable bonds is 41. The zero-order chi connectivity index (χ0) is 38.9. The summed E-state index contributed by atoms with van der Waals surface area (Å²) in [6.45, 7) is 5.93. The third-order valence-electron chi connectivity index (χ3n) is 9.09. The molecule has 0 aliphatic rings. The maximum Gasteiger partial charge on any atom is 0.474 e. The van der Waals surface area contributed by atoms with Gasteiger partial charge in [-0.3, -0.25) is 23.2 Å². The highest BCUT2D eigenvalue weighted by Crippen LogP contribution is 2.49. The maximum absolute atomic E-state index is 12.9. The van der Waals surface area contributed by atoms with Crippen LogP contribution in [0.2, 0.25) is 0 Å². The molecule has 0 aromatic heterocycles. The van der Waals surface area contributed by atoms with Crippen LogP contribution in [0.4, 0.5) is 0 Å². The van der Waals surface area contributed by atoms with E-state index in [1.165, 1.54) is 96.3 Å². The fraction of sp³-hybridized carbons (Fsp3) is 0.860. The predicted octanol–water partition coefficient (Wildman–Crippen LogP) is 12.7. The Balaban J connectivity index is 4.37. The number of carbonyl (C=O) groups excluding carboxylic acids is 2. The lowest BCUT2D eigenvalue weighted by Crippen LogP contribution is -2.29. The molecular formula is C43H82NO8P. The molecule has 0 fully saturated rings. The molecule has 9 nitrogen and oxygen atoms in total. The van der Waals surface area contributed by atoms with Crippen LogP contribution in [0, 0.1) is 0 Å². The topological polar surface area (TPSA) is 123 Å². The van der Waals surface area contributed by atoms with Crippen molar-refractivity contribution in [3.05, 3.63) is 24.3 Å². The van der Waals surface area contributed by atoms with Gasteiger partial charge in [0.1, 0.15) is 6.61 Å². The molecule has 0 heterocycles. The molecule has 0 bridgehead atoms. The van der Waals surface area contributed by atoms with Gasteiger partial charge in [0, 0.05) is 19.4 Å². The van der Waals surface area contributed by atoms with Crippen molar-refractivity contribution in [3.8, 4) is 0 Å². The smallest absolute Gasteiger partial charge is 0.462 e. The van der Waals surface area contributed by atoms with Crippen molar-refractivity contribution in [1.82, 2.24) is 0 Å². The van der Waals surface area contributed by atoms with E-state index in [9.17, 15) is 14.2 Å². The molecule has 53 heavy (non-hydrogen) atoms. The quantitative estimate of drug-likeness (QED) is 0.0280. The number of allylic oxidation sites excluding steroid dienone is 4. The molecule has 0 aliphatic carbocycles. The van der Waals surface area contributed by atoms with Crippen LogP contribution in [0.1, 0.15) is 201 Å². The molecule has 2 atom stereocenters. The molecule has 0 spiro atoms. The fourth-order valence-electron chi connectivity index (χ4n) is 5.91. The second kappa shape index (κ2) is 40.2. The minimum Gasteiger partial charge on any atom is -0.462 e. The Bertz CT molecular complexity index is 928. The predicted molar refractivity (Wildman–Crippen MR) is 220 cm³/mol. The number of hydrogen-bond donors (Lipinski definition) is 1. The molecule has 0 rings (SSSR count). The number of nitrogens with two attached hydrogens (primary N) is 1. The van der Waals surface area contributed by atoms with Gasteiger partial charge in [-0.25, -0.2) is 4.57 Å².